The maximum atomic E-state index is 13.5. The van der Waals surface area contributed by atoms with Gasteiger partial charge < -0.3 is 20.3 Å². The molecule has 3 N–H and O–H groups in total. The third kappa shape index (κ3) is 3.75. The van der Waals surface area contributed by atoms with Gasteiger partial charge in [-0.3, -0.25) is 9.59 Å². The molecule has 1 amide bonds. The van der Waals surface area contributed by atoms with Gasteiger partial charge in [0.25, 0.3) is 5.91 Å². The lowest BCUT2D eigenvalue weighted by molar-refractivity contribution is -0.125. The van der Waals surface area contributed by atoms with Crippen molar-refractivity contribution in [3.05, 3.63) is 29.6 Å². The fourth-order valence-corrected chi connectivity index (χ4v) is 1.60. The Labute approximate surface area is 115 Å². The van der Waals surface area contributed by atoms with Crippen LogP contribution in [-0.4, -0.2) is 47.8 Å². The molecule has 1 aromatic rings. The number of rotatable bonds is 6. The molecule has 110 valence electrons. The Bertz CT molecular complexity index is 504. The molecule has 1 aromatic carbocycles. The summed E-state index contributed by atoms with van der Waals surface area (Å²) >= 11 is 0. The predicted octanol–water partition coefficient (Wildman–Crippen LogP) is -0.125. The van der Waals surface area contributed by atoms with Gasteiger partial charge in [-0.25, -0.2) is 4.39 Å². The fraction of sp³-hybridized carbons (Fsp3) is 0.385. The molecule has 0 saturated carbocycles. The van der Waals surface area contributed by atoms with Gasteiger partial charge in [-0.2, -0.15) is 0 Å². The molecule has 0 fully saturated rings. The van der Waals surface area contributed by atoms with E-state index in [1.54, 1.807) is 0 Å². The Hall–Kier alpha value is -1.99. The van der Waals surface area contributed by atoms with Gasteiger partial charge in [-0.15, -0.1) is 0 Å². The number of benzene rings is 1. The maximum Gasteiger partial charge on any atom is 0.252 e. The van der Waals surface area contributed by atoms with Crippen LogP contribution in [-0.2, 0) is 4.79 Å². The van der Waals surface area contributed by atoms with Crippen molar-refractivity contribution in [1.29, 1.82) is 0 Å². The zero-order valence-corrected chi connectivity index (χ0v) is 11.1. The van der Waals surface area contributed by atoms with Crippen molar-refractivity contribution < 1.29 is 28.9 Å². The van der Waals surface area contributed by atoms with Gasteiger partial charge in [0, 0.05) is 5.56 Å². The SMILES string of the molecule is COc1ccc(C(=O)N[C@H](C(=O)CO)[C@@H](C)O)cc1F. The fourth-order valence-electron chi connectivity index (χ4n) is 1.60. The topological polar surface area (TPSA) is 95.9 Å². The Morgan fingerprint density at radius 2 is 2.10 bits per heavy atom. The van der Waals surface area contributed by atoms with Crippen LogP contribution in [0.5, 0.6) is 5.75 Å². The van der Waals surface area contributed by atoms with Gasteiger partial charge in [0.05, 0.1) is 13.2 Å². The maximum absolute atomic E-state index is 13.5. The molecule has 0 aliphatic heterocycles. The molecule has 0 unspecified atom stereocenters. The first-order valence-electron chi connectivity index (χ1n) is 5.86. The number of carbonyl (C=O) groups is 2. The Morgan fingerprint density at radius 1 is 1.45 bits per heavy atom. The lowest BCUT2D eigenvalue weighted by Crippen LogP contribution is -2.48. The number of nitrogens with one attached hydrogen (secondary N) is 1. The first kappa shape index (κ1) is 16.1. The van der Waals surface area contributed by atoms with Gasteiger partial charge >= 0.3 is 0 Å². The van der Waals surface area contributed by atoms with Crippen LogP contribution >= 0.6 is 0 Å². The molecule has 0 heterocycles. The van der Waals surface area contributed by atoms with Crippen molar-refractivity contribution in [3.8, 4) is 5.75 Å². The molecule has 0 aliphatic rings. The van der Waals surface area contributed by atoms with Crippen molar-refractivity contribution in [2.75, 3.05) is 13.7 Å². The van der Waals surface area contributed by atoms with Gasteiger partial charge in [0.1, 0.15) is 12.6 Å². The van der Waals surface area contributed by atoms with Crippen LogP contribution in [0.25, 0.3) is 0 Å². The van der Waals surface area contributed by atoms with Crippen molar-refractivity contribution in [2.45, 2.75) is 19.1 Å². The minimum Gasteiger partial charge on any atom is -0.494 e. The van der Waals surface area contributed by atoms with Crippen LogP contribution in [0.3, 0.4) is 0 Å². The summed E-state index contributed by atoms with van der Waals surface area (Å²) in [6.07, 6.45) is -1.18. The summed E-state index contributed by atoms with van der Waals surface area (Å²) in [4.78, 5) is 23.2. The monoisotopic (exact) mass is 285 g/mol. The van der Waals surface area contributed by atoms with Crippen LogP contribution in [0.15, 0.2) is 18.2 Å². The van der Waals surface area contributed by atoms with Gasteiger partial charge in [-0.1, -0.05) is 0 Å². The van der Waals surface area contributed by atoms with Gasteiger partial charge in [0.2, 0.25) is 0 Å². The molecule has 0 radical (unpaired) electrons. The van der Waals surface area contributed by atoms with Crippen molar-refractivity contribution in [2.24, 2.45) is 0 Å². The molecule has 0 aromatic heterocycles. The van der Waals surface area contributed by atoms with Crippen LogP contribution in [0.4, 0.5) is 4.39 Å². The highest BCUT2D eigenvalue weighted by molar-refractivity contribution is 5.98. The van der Waals surface area contributed by atoms with Crippen LogP contribution < -0.4 is 10.1 Å². The summed E-state index contributed by atoms with van der Waals surface area (Å²) < 4.78 is 18.2. The zero-order valence-electron chi connectivity index (χ0n) is 11.1. The van der Waals surface area contributed by atoms with E-state index in [4.69, 9.17) is 9.84 Å². The van der Waals surface area contributed by atoms with E-state index in [9.17, 15) is 19.1 Å². The highest BCUT2D eigenvalue weighted by Crippen LogP contribution is 2.17. The van der Waals surface area contributed by atoms with Crippen LogP contribution in [0, 0.1) is 5.82 Å². The number of hydrogen-bond acceptors (Lipinski definition) is 5. The number of methoxy groups -OCH3 is 1. The zero-order chi connectivity index (χ0) is 15.3. The smallest absolute Gasteiger partial charge is 0.252 e. The molecule has 0 bridgehead atoms. The second-order valence-electron chi connectivity index (χ2n) is 4.17. The Balaban J connectivity index is 2.89. The molecule has 6 nitrogen and oxygen atoms in total. The molecule has 1 rings (SSSR count). The average Bonchev–Trinajstić information content (AvgIpc) is 2.43. The van der Waals surface area contributed by atoms with Gasteiger partial charge in [0.15, 0.2) is 17.3 Å². The number of Topliss-reactive ketones (excluding diaryl/α,β-unsaturated/α-hetero) is 1. The lowest BCUT2D eigenvalue weighted by atomic mass is 10.1. The lowest BCUT2D eigenvalue weighted by Gasteiger charge is -2.19. The molecule has 0 aliphatic carbocycles. The van der Waals surface area contributed by atoms with Crippen molar-refractivity contribution >= 4 is 11.7 Å². The van der Waals surface area contributed by atoms with Crippen molar-refractivity contribution in [1.82, 2.24) is 5.32 Å². The number of carbonyl (C=O) groups excluding carboxylic acids is 2. The highest BCUT2D eigenvalue weighted by atomic mass is 19.1. The molecule has 2 atom stereocenters. The predicted molar refractivity (Wildman–Crippen MR) is 68.0 cm³/mol. The second kappa shape index (κ2) is 6.97. The first-order chi connectivity index (χ1) is 9.40. The average molecular weight is 285 g/mol. The first-order valence-corrected chi connectivity index (χ1v) is 5.86. The molecular formula is C13H16FNO5. The number of ketones is 1. The van der Waals surface area contributed by atoms with Crippen LogP contribution in [0.1, 0.15) is 17.3 Å². The third-order valence-corrected chi connectivity index (χ3v) is 2.69. The number of hydrogen-bond donors (Lipinski definition) is 3. The van der Waals surface area contributed by atoms with E-state index in [0.717, 1.165) is 6.07 Å². The highest BCUT2D eigenvalue weighted by Gasteiger charge is 2.25. The standard InChI is InChI=1S/C13H16FNO5/c1-7(17)12(10(18)6-16)15-13(19)8-3-4-11(20-2)9(14)5-8/h3-5,7,12,16-17H,6H2,1-2H3,(H,15,19)/t7-,12+/m1/s1. The van der Waals surface area contributed by atoms with E-state index in [2.05, 4.69) is 5.32 Å². The van der Waals surface area contributed by atoms with Crippen molar-refractivity contribution in [3.63, 3.8) is 0 Å². The number of ether oxygens (including phenoxy) is 1. The van der Waals surface area contributed by atoms with E-state index in [1.807, 2.05) is 0 Å². The van der Waals surface area contributed by atoms with E-state index < -0.39 is 36.3 Å². The summed E-state index contributed by atoms with van der Waals surface area (Å²) in [5, 5.41) is 20.4. The molecular weight excluding hydrogens is 269 g/mol. The summed E-state index contributed by atoms with van der Waals surface area (Å²) in [5.74, 6) is -2.20. The van der Waals surface area contributed by atoms with Crippen LogP contribution in [0.2, 0.25) is 0 Å². The number of aliphatic hydroxyl groups excluding tert-OH is 2. The quantitative estimate of drug-likeness (QED) is 0.677. The third-order valence-electron chi connectivity index (χ3n) is 2.69. The summed E-state index contributed by atoms with van der Waals surface area (Å²) in [6.45, 7) is 0.486. The minimum absolute atomic E-state index is 0.0138. The number of aliphatic hydroxyl groups is 2. The minimum atomic E-state index is -1.25. The molecule has 20 heavy (non-hydrogen) atoms. The van der Waals surface area contributed by atoms with E-state index in [1.165, 1.54) is 26.2 Å². The molecule has 0 saturated heterocycles. The summed E-state index contributed by atoms with van der Waals surface area (Å²) in [6, 6.07) is 2.30. The molecule has 0 spiro atoms. The largest absolute Gasteiger partial charge is 0.494 e. The van der Waals surface area contributed by atoms with E-state index in [0.29, 0.717) is 0 Å². The number of halogens is 1. The normalized spacial score (nSPS) is 13.4. The second-order valence-corrected chi connectivity index (χ2v) is 4.17. The Kier molecular flexibility index (Phi) is 5.60. The van der Waals surface area contributed by atoms with E-state index >= 15 is 0 Å². The van der Waals surface area contributed by atoms with Gasteiger partial charge in [-0.05, 0) is 25.1 Å². The number of amides is 1. The van der Waals surface area contributed by atoms with E-state index in [-0.39, 0.29) is 11.3 Å². The summed E-state index contributed by atoms with van der Waals surface area (Å²) in [5.41, 5.74) is -0.0281. The summed E-state index contributed by atoms with van der Waals surface area (Å²) in [7, 11) is 1.29. The molecule has 7 heteroatoms. The Morgan fingerprint density at radius 3 is 2.55 bits per heavy atom.